The van der Waals surface area contributed by atoms with Crippen molar-refractivity contribution >= 4 is 17.4 Å². The van der Waals surface area contributed by atoms with Gasteiger partial charge in [-0.3, -0.25) is 9.59 Å². The molecule has 3 aromatic carbocycles. The third kappa shape index (κ3) is 3.40. The lowest BCUT2D eigenvalue weighted by Crippen LogP contribution is -2.47. The lowest BCUT2D eigenvalue weighted by Gasteiger charge is -2.45. The van der Waals surface area contributed by atoms with E-state index in [1.807, 2.05) is 41.3 Å². The number of nitrogens with two attached hydrogens (primary N) is 1. The third-order valence-corrected chi connectivity index (χ3v) is 7.46. The molecule has 5 rings (SSSR count). The number of para-hydroxylation sites is 1. The van der Waals surface area contributed by atoms with E-state index in [9.17, 15) is 9.59 Å². The number of benzene rings is 3. The number of hydrogen-bond donors (Lipinski definition) is 1. The van der Waals surface area contributed by atoms with Crippen LogP contribution in [0.4, 0.5) is 5.69 Å². The van der Waals surface area contributed by atoms with E-state index in [-0.39, 0.29) is 35.4 Å². The summed E-state index contributed by atoms with van der Waals surface area (Å²) in [6, 6.07) is 28.6. The first-order valence-corrected chi connectivity index (χ1v) is 11.3. The molecule has 1 saturated heterocycles. The fourth-order valence-corrected chi connectivity index (χ4v) is 5.85. The minimum Gasteiger partial charge on any atom is -0.398 e. The molecule has 2 atom stereocenters. The zero-order valence-corrected chi connectivity index (χ0v) is 18.1. The molecule has 162 valence electrons. The van der Waals surface area contributed by atoms with E-state index >= 15 is 0 Å². The molecule has 2 aliphatic rings. The van der Waals surface area contributed by atoms with Gasteiger partial charge < -0.3 is 10.6 Å². The number of carbonyl (C=O) groups is 2. The summed E-state index contributed by atoms with van der Waals surface area (Å²) in [5.41, 5.74) is 9.74. The summed E-state index contributed by atoms with van der Waals surface area (Å²) in [6.45, 7) is 1.09. The smallest absolute Gasteiger partial charge is 0.227 e. The molecule has 4 nitrogen and oxygen atoms in total. The van der Waals surface area contributed by atoms with Crippen LogP contribution in [-0.4, -0.2) is 29.7 Å². The number of likely N-dealkylation sites (tertiary alicyclic amines) is 1. The molecule has 4 heteroatoms. The first-order valence-electron chi connectivity index (χ1n) is 11.3. The average Bonchev–Trinajstić information content (AvgIpc) is 3.29. The Labute approximate surface area is 189 Å². The Hall–Kier alpha value is -3.40. The van der Waals surface area contributed by atoms with Gasteiger partial charge in [0, 0.05) is 42.4 Å². The number of nitrogens with zero attached hydrogens (tertiary/aromatic N) is 1. The van der Waals surface area contributed by atoms with Crippen LogP contribution in [0.5, 0.6) is 0 Å². The fourth-order valence-electron chi connectivity index (χ4n) is 5.85. The van der Waals surface area contributed by atoms with Crippen molar-refractivity contribution in [2.75, 3.05) is 18.8 Å². The highest BCUT2D eigenvalue weighted by Gasteiger charge is 2.55. The van der Waals surface area contributed by atoms with Gasteiger partial charge in [-0.15, -0.1) is 0 Å². The number of ketones is 1. The number of hydrogen-bond acceptors (Lipinski definition) is 3. The van der Waals surface area contributed by atoms with Gasteiger partial charge in [0.2, 0.25) is 5.91 Å². The fraction of sp³-hybridized carbons (Fsp3) is 0.286. The van der Waals surface area contributed by atoms with E-state index < -0.39 is 0 Å². The largest absolute Gasteiger partial charge is 0.398 e. The molecule has 2 unspecified atom stereocenters. The van der Waals surface area contributed by atoms with Gasteiger partial charge in [-0.1, -0.05) is 78.9 Å². The van der Waals surface area contributed by atoms with Crippen LogP contribution < -0.4 is 5.73 Å². The first kappa shape index (κ1) is 20.5. The van der Waals surface area contributed by atoms with Crippen molar-refractivity contribution in [3.05, 3.63) is 102 Å². The highest BCUT2D eigenvalue weighted by Crippen LogP contribution is 2.52. The van der Waals surface area contributed by atoms with Crippen molar-refractivity contribution in [2.24, 2.45) is 11.8 Å². The monoisotopic (exact) mass is 424 g/mol. The molecule has 1 saturated carbocycles. The van der Waals surface area contributed by atoms with Crippen LogP contribution in [0.25, 0.3) is 0 Å². The van der Waals surface area contributed by atoms with Gasteiger partial charge in [0.1, 0.15) is 5.78 Å². The summed E-state index contributed by atoms with van der Waals surface area (Å²) in [7, 11) is 0. The van der Waals surface area contributed by atoms with Gasteiger partial charge in [0.25, 0.3) is 0 Å². The lowest BCUT2D eigenvalue weighted by molar-refractivity contribution is -0.129. The zero-order chi connectivity index (χ0) is 22.1. The molecular formula is C28H28N2O2. The summed E-state index contributed by atoms with van der Waals surface area (Å²) in [4.78, 5) is 28.2. The SMILES string of the molecule is Nc1ccccc1CC(=O)N1CC2C(=O)CCC(c3ccccc3)(c3ccccc3)C2C1. The van der Waals surface area contributed by atoms with Crippen molar-refractivity contribution in [3.63, 3.8) is 0 Å². The predicted molar refractivity (Wildman–Crippen MR) is 126 cm³/mol. The highest BCUT2D eigenvalue weighted by atomic mass is 16.2. The molecule has 32 heavy (non-hydrogen) atoms. The van der Waals surface area contributed by atoms with Crippen LogP contribution in [0.2, 0.25) is 0 Å². The van der Waals surface area contributed by atoms with Gasteiger partial charge in [-0.2, -0.15) is 0 Å². The molecule has 0 spiro atoms. The summed E-state index contributed by atoms with van der Waals surface area (Å²) in [6.07, 6.45) is 1.58. The number of fused-ring (bicyclic) bond motifs is 1. The minimum absolute atomic E-state index is 0.0418. The second-order valence-corrected chi connectivity index (χ2v) is 9.06. The topological polar surface area (TPSA) is 63.4 Å². The Balaban J connectivity index is 1.52. The maximum atomic E-state index is 13.3. The first-order chi connectivity index (χ1) is 15.6. The summed E-state index contributed by atoms with van der Waals surface area (Å²) >= 11 is 0. The van der Waals surface area contributed by atoms with Crippen molar-refractivity contribution in [1.29, 1.82) is 0 Å². The van der Waals surface area contributed by atoms with Crippen molar-refractivity contribution in [3.8, 4) is 0 Å². The van der Waals surface area contributed by atoms with Crippen LogP contribution in [0, 0.1) is 11.8 Å². The predicted octanol–water partition coefficient (Wildman–Crippen LogP) is 4.24. The summed E-state index contributed by atoms with van der Waals surface area (Å²) in [5.74, 6) is 0.249. The van der Waals surface area contributed by atoms with E-state index in [0.717, 1.165) is 12.0 Å². The molecular weight excluding hydrogens is 396 g/mol. The lowest BCUT2D eigenvalue weighted by atomic mass is 9.56. The molecule has 2 fully saturated rings. The Morgan fingerprint density at radius 3 is 2.09 bits per heavy atom. The second kappa shape index (κ2) is 8.27. The third-order valence-electron chi connectivity index (χ3n) is 7.46. The van der Waals surface area contributed by atoms with Crippen LogP contribution in [0.3, 0.4) is 0 Å². The van der Waals surface area contributed by atoms with E-state index in [2.05, 4.69) is 48.5 Å². The summed E-state index contributed by atoms with van der Waals surface area (Å²) in [5, 5.41) is 0. The molecule has 0 radical (unpaired) electrons. The number of nitrogen functional groups attached to an aromatic ring is 1. The Bertz CT molecular complexity index is 1090. The van der Waals surface area contributed by atoms with Crippen molar-refractivity contribution < 1.29 is 9.59 Å². The molecule has 0 aromatic heterocycles. The normalized spacial score (nSPS) is 21.9. The zero-order valence-electron chi connectivity index (χ0n) is 18.1. The van der Waals surface area contributed by atoms with E-state index in [4.69, 9.17) is 5.73 Å². The molecule has 1 amide bonds. The highest BCUT2D eigenvalue weighted by molar-refractivity contribution is 5.87. The van der Waals surface area contributed by atoms with E-state index in [1.54, 1.807) is 0 Å². The Morgan fingerprint density at radius 1 is 0.875 bits per heavy atom. The van der Waals surface area contributed by atoms with Crippen molar-refractivity contribution in [2.45, 2.75) is 24.7 Å². The molecule has 1 heterocycles. The number of carbonyl (C=O) groups excluding carboxylic acids is 2. The molecule has 1 aliphatic carbocycles. The Morgan fingerprint density at radius 2 is 1.47 bits per heavy atom. The van der Waals surface area contributed by atoms with Gasteiger partial charge in [0.05, 0.1) is 6.42 Å². The van der Waals surface area contributed by atoms with Crippen LogP contribution in [0.15, 0.2) is 84.9 Å². The molecule has 3 aromatic rings. The van der Waals surface area contributed by atoms with Crippen LogP contribution in [-0.2, 0) is 21.4 Å². The number of Topliss-reactive ketones (excluding diaryl/α,β-unsaturated/α-hetero) is 1. The van der Waals surface area contributed by atoms with E-state index in [1.165, 1.54) is 11.1 Å². The molecule has 2 N–H and O–H groups in total. The minimum atomic E-state index is -0.276. The van der Waals surface area contributed by atoms with Crippen LogP contribution >= 0.6 is 0 Å². The number of amides is 1. The Kier molecular flexibility index (Phi) is 5.30. The molecule has 1 aliphatic heterocycles. The molecule has 0 bridgehead atoms. The van der Waals surface area contributed by atoms with Crippen molar-refractivity contribution in [1.82, 2.24) is 4.90 Å². The maximum absolute atomic E-state index is 13.3. The van der Waals surface area contributed by atoms with Gasteiger partial charge in [-0.05, 0) is 29.2 Å². The maximum Gasteiger partial charge on any atom is 0.227 e. The van der Waals surface area contributed by atoms with Gasteiger partial charge >= 0.3 is 0 Å². The quantitative estimate of drug-likeness (QED) is 0.638. The van der Waals surface area contributed by atoms with E-state index in [0.29, 0.717) is 25.2 Å². The summed E-state index contributed by atoms with van der Waals surface area (Å²) < 4.78 is 0. The standard InChI is InChI=1S/C28H28N2O2/c29-25-14-8-7-9-20(25)17-27(32)30-18-23-24(19-30)28(16-15-26(23)31,21-10-3-1-4-11-21)22-12-5-2-6-13-22/h1-14,23-24H,15-19,29H2. The van der Waals surface area contributed by atoms with Gasteiger partial charge in [0.15, 0.2) is 0 Å². The van der Waals surface area contributed by atoms with Gasteiger partial charge in [-0.25, -0.2) is 0 Å². The number of rotatable bonds is 4. The number of anilines is 1. The van der Waals surface area contributed by atoms with Crippen LogP contribution in [0.1, 0.15) is 29.5 Å². The second-order valence-electron chi connectivity index (χ2n) is 9.06. The average molecular weight is 425 g/mol.